The fourth-order valence-corrected chi connectivity index (χ4v) is 3.23. The van der Waals surface area contributed by atoms with E-state index >= 15 is 0 Å². The van der Waals surface area contributed by atoms with Gasteiger partial charge in [0.05, 0.1) is 12.2 Å². The van der Waals surface area contributed by atoms with Crippen molar-refractivity contribution in [3.63, 3.8) is 0 Å². The van der Waals surface area contributed by atoms with Gasteiger partial charge in [-0.05, 0) is 30.2 Å². The summed E-state index contributed by atoms with van der Waals surface area (Å²) in [6.07, 6.45) is 3.80. The minimum atomic E-state index is -0.442. The van der Waals surface area contributed by atoms with E-state index in [9.17, 15) is 9.59 Å². The Hall–Kier alpha value is -2.87. The average Bonchev–Trinajstić information content (AvgIpc) is 3.14. The van der Waals surface area contributed by atoms with Gasteiger partial charge in [0.2, 0.25) is 5.28 Å². The summed E-state index contributed by atoms with van der Waals surface area (Å²) < 4.78 is 5.86. The lowest BCUT2D eigenvalue weighted by molar-refractivity contribution is 0.701. The molecule has 0 aromatic carbocycles. The minimum absolute atomic E-state index is 0.141. The molecule has 8 nitrogen and oxygen atoms in total. The summed E-state index contributed by atoms with van der Waals surface area (Å²) in [5.41, 5.74) is 2.31. The number of aryl methyl sites for hydroxylation is 2. The SMILES string of the molecule is Cc1cccn2cc(Cn3c(Cl)nc4c3c(=O)n(C)c(=O)n4C)nc12. The summed E-state index contributed by atoms with van der Waals surface area (Å²) in [4.78, 5) is 33.4. The summed E-state index contributed by atoms with van der Waals surface area (Å²) >= 11 is 6.25. The van der Waals surface area contributed by atoms with Crippen molar-refractivity contribution >= 4 is 28.4 Å². The molecule has 0 fully saturated rings. The molecule has 0 saturated carbocycles. The standard InChI is InChI=1S/C16H15ClN6O2/c1-9-5-4-6-22-7-10(18-12(9)22)8-23-11-13(19-15(23)17)20(2)16(25)21(3)14(11)24/h4-7H,8H2,1-3H3. The predicted octanol–water partition coefficient (Wildman–Crippen LogP) is 1.09. The third-order valence-corrected chi connectivity index (χ3v) is 4.64. The molecule has 0 N–H and O–H groups in total. The van der Waals surface area contributed by atoms with Gasteiger partial charge >= 0.3 is 5.69 Å². The van der Waals surface area contributed by atoms with Crippen LogP contribution in [-0.2, 0) is 20.6 Å². The van der Waals surface area contributed by atoms with Crippen molar-refractivity contribution in [1.29, 1.82) is 0 Å². The normalized spacial score (nSPS) is 11.7. The van der Waals surface area contributed by atoms with Crippen LogP contribution >= 0.6 is 11.6 Å². The van der Waals surface area contributed by atoms with Crippen LogP contribution in [0.5, 0.6) is 0 Å². The number of fused-ring (bicyclic) bond motifs is 2. The molecule has 9 heteroatoms. The fraction of sp³-hybridized carbons (Fsp3) is 0.250. The molecule has 4 aromatic heterocycles. The van der Waals surface area contributed by atoms with Gasteiger partial charge in [-0.2, -0.15) is 4.98 Å². The first-order valence-electron chi connectivity index (χ1n) is 7.63. The van der Waals surface area contributed by atoms with Crippen LogP contribution in [-0.4, -0.2) is 28.1 Å². The number of pyridine rings is 1. The van der Waals surface area contributed by atoms with Gasteiger partial charge in [-0.1, -0.05) is 6.07 Å². The van der Waals surface area contributed by atoms with Crippen LogP contribution in [0, 0.1) is 6.92 Å². The van der Waals surface area contributed by atoms with Crippen molar-refractivity contribution in [2.24, 2.45) is 14.1 Å². The first-order chi connectivity index (χ1) is 11.9. The molecule has 0 amide bonds. The lowest BCUT2D eigenvalue weighted by Gasteiger charge is -2.05. The highest BCUT2D eigenvalue weighted by Gasteiger charge is 2.19. The molecule has 0 unspecified atom stereocenters. The molecule has 25 heavy (non-hydrogen) atoms. The number of hydrogen-bond acceptors (Lipinski definition) is 4. The van der Waals surface area contributed by atoms with Gasteiger partial charge in [0.1, 0.15) is 5.65 Å². The first kappa shape index (κ1) is 15.6. The summed E-state index contributed by atoms with van der Waals surface area (Å²) in [7, 11) is 3.00. The molecule has 0 atom stereocenters. The van der Waals surface area contributed by atoms with Crippen LogP contribution in [0.25, 0.3) is 16.8 Å². The predicted molar refractivity (Wildman–Crippen MR) is 94.3 cm³/mol. The van der Waals surface area contributed by atoms with Gasteiger partial charge < -0.3 is 8.97 Å². The maximum absolute atomic E-state index is 12.6. The molecule has 0 aliphatic carbocycles. The number of imidazole rings is 2. The van der Waals surface area contributed by atoms with Gasteiger partial charge in [-0.15, -0.1) is 0 Å². The number of nitrogens with zero attached hydrogens (tertiary/aromatic N) is 6. The Labute approximate surface area is 146 Å². The lowest BCUT2D eigenvalue weighted by atomic mass is 10.3. The van der Waals surface area contributed by atoms with E-state index in [4.69, 9.17) is 11.6 Å². The van der Waals surface area contributed by atoms with Crippen molar-refractivity contribution in [3.8, 4) is 0 Å². The molecule has 0 bridgehead atoms. The van der Waals surface area contributed by atoms with Crippen molar-refractivity contribution in [2.45, 2.75) is 13.5 Å². The zero-order chi connectivity index (χ0) is 17.9. The molecule has 4 rings (SSSR count). The Kier molecular flexibility index (Phi) is 3.33. The van der Waals surface area contributed by atoms with E-state index in [0.29, 0.717) is 0 Å². The molecule has 4 heterocycles. The molecule has 0 aliphatic heterocycles. The van der Waals surface area contributed by atoms with Crippen LogP contribution in [0.15, 0.2) is 34.1 Å². The molecule has 0 aliphatic rings. The van der Waals surface area contributed by atoms with Crippen LogP contribution in [0.3, 0.4) is 0 Å². The minimum Gasteiger partial charge on any atom is -0.307 e. The van der Waals surface area contributed by atoms with Crippen molar-refractivity contribution in [1.82, 2.24) is 28.1 Å². The highest BCUT2D eigenvalue weighted by molar-refractivity contribution is 6.29. The van der Waals surface area contributed by atoms with Crippen LogP contribution in [0.1, 0.15) is 11.3 Å². The number of hydrogen-bond donors (Lipinski definition) is 0. The zero-order valence-corrected chi connectivity index (χ0v) is 14.7. The summed E-state index contributed by atoms with van der Waals surface area (Å²) in [6.45, 7) is 2.27. The Balaban J connectivity index is 1.95. The average molecular weight is 359 g/mol. The maximum Gasteiger partial charge on any atom is 0.332 e. The Morgan fingerprint density at radius 2 is 1.88 bits per heavy atom. The Morgan fingerprint density at radius 3 is 2.60 bits per heavy atom. The van der Waals surface area contributed by atoms with E-state index < -0.39 is 11.2 Å². The smallest absolute Gasteiger partial charge is 0.307 e. The number of halogens is 1. The highest BCUT2D eigenvalue weighted by Crippen LogP contribution is 2.18. The van der Waals surface area contributed by atoms with Gasteiger partial charge in [-0.25, -0.2) is 9.78 Å². The Bertz CT molecular complexity index is 1260. The summed E-state index contributed by atoms with van der Waals surface area (Å²) in [5.74, 6) is 0. The second-order valence-electron chi connectivity index (χ2n) is 6.00. The third-order valence-electron chi connectivity index (χ3n) is 4.35. The van der Waals surface area contributed by atoms with Crippen molar-refractivity contribution in [2.75, 3.05) is 0 Å². The van der Waals surface area contributed by atoms with Crippen LogP contribution < -0.4 is 11.2 Å². The van der Waals surface area contributed by atoms with Crippen LogP contribution in [0.2, 0.25) is 5.28 Å². The van der Waals surface area contributed by atoms with Crippen LogP contribution in [0.4, 0.5) is 0 Å². The number of rotatable bonds is 2. The highest BCUT2D eigenvalue weighted by atomic mass is 35.5. The van der Waals surface area contributed by atoms with E-state index in [1.807, 2.05) is 35.9 Å². The van der Waals surface area contributed by atoms with Crippen molar-refractivity contribution < 1.29 is 0 Å². The molecule has 0 spiro atoms. The van der Waals surface area contributed by atoms with Gasteiger partial charge in [0, 0.05) is 26.5 Å². The fourth-order valence-electron chi connectivity index (χ4n) is 3.01. The quantitative estimate of drug-likeness (QED) is 0.502. The monoisotopic (exact) mass is 358 g/mol. The topological polar surface area (TPSA) is 79.1 Å². The van der Waals surface area contributed by atoms with E-state index in [2.05, 4.69) is 9.97 Å². The molecule has 0 saturated heterocycles. The second kappa shape index (κ2) is 5.32. The lowest BCUT2D eigenvalue weighted by Crippen LogP contribution is -2.37. The van der Waals surface area contributed by atoms with Gasteiger partial charge in [-0.3, -0.25) is 13.9 Å². The maximum atomic E-state index is 12.6. The molecule has 0 radical (unpaired) electrons. The largest absolute Gasteiger partial charge is 0.332 e. The Morgan fingerprint density at radius 1 is 1.12 bits per heavy atom. The van der Waals surface area contributed by atoms with E-state index in [-0.39, 0.29) is 23.0 Å². The molecule has 4 aromatic rings. The number of aromatic nitrogens is 6. The van der Waals surface area contributed by atoms with Crippen molar-refractivity contribution in [3.05, 3.63) is 61.9 Å². The summed E-state index contributed by atoms with van der Waals surface area (Å²) in [6, 6.07) is 3.93. The molecular formula is C16H15ClN6O2. The molecule has 128 valence electrons. The zero-order valence-electron chi connectivity index (χ0n) is 13.9. The van der Waals surface area contributed by atoms with E-state index in [1.54, 1.807) is 11.6 Å². The van der Waals surface area contributed by atoms with E-state index in [0.717, 1.165) is 21.5 Å². The first-order valence-corrected chi connectivity index (χ1v) is 8.01. The second-order valence-corrected chi connectivity index (χ2v) is 6.34. The third kappa shape index (κ3) is 2.21. The van der Waals surface area contributed by atoms with Gasteiger partial charge in [0.25, 0.3) is 5.56 Å². The van der Waals surface area contributed by atoms with Gasteiger partial charge in [0.15, 0.2) is 11.2 Å². The van der Waals surface area contributed by atoms with E-state index in [1.165, 1.54) is 11.6 Å². The summed E-state index contributed by atoms with van der Waals surface area (Å²) in [5, 5.41) is 0.141. The molecular weight excluding hydrogens is 344 g/mol.